The third-order valence-electron chi connectivity index (χ3n) is 3.37. The summed E-state index contributed by atoms with van der Waals surface area (Å²) in [5, 5.41) is 18.3. The van der Waals surface area contributed by atoms with Crippen LogP contribution in [0, 0.1) is 5.82 Å². The third-order valence-corrected chi connectivity index (χ3v) is 3.66. The van der Waals surface area contributed by atoms with E-state index in [1.165, 1.54) is 12.1 Å². The summed E-state index contributed by atoms with van der Waals surface area (Å²) in [5.41, 5.74) is 8.79. The average Bonchev–Trinajstić information content (AvgIpc) is 2.50. The molecule has 2 rings (SSSR count). The van der Waals surface area contributed by atoms with E-state index in [0.29, 0.717) is 24.3 Å². The van der Waals surface area contributed by atoms with Crippen molar-refractivity contribution in [2.45, 2.75) is 0 Å². The zero-order valence-corrected chi connectivity index (χ0v) is 12.7. The van der Waals surface area contributed by atoms with Crippen LogP contribution < -0.4 is 10.6 Å². The Kier molecular flexibility index (Phi) is 5.60. The van der Waals surface area contributed by atoms with E-state index in [4.69, 9.17) is 27.5 Å². The summed E-state index contributed by atoms with van der Waals surface area (Å²) >= 11 is 5.83. The molecule has 0 amide bonds. The van der Waals surface area contributed by atoms with E-state index in [9.17, 15) is 4.39 Å². The van der Waals surface area contributed by atoms with Crippen LogP contribution in [0.1, 0.15) is 0 Å². The number of halogens is 2. The van der Waals surface area contributed by atoms with Gasteiger partial charge in [0.1, 0.15) is 5.82 Å². The number of hydrogen-bond donors (Lipinski definition) is 3. The lowest BCUT2D eigenvalue weighted by Crippen LogP contribution is -2.29. The summed E-state index contributed by atoms with van der Waals surface area (Å²) in [4.78, 5) is 1.84. The Bertz CT molecular complexity index is 646. The van der Waals surface area contributed by atoms with Crippen molar-refractivity contribution >= 4 is 23.0 Å². The Labute approximate surface area is 133 Å². The summed E-state index contributed by atoms with van der Waals surface area (Å²) in [6.07, 6.45) is 0. The summed E-state index contributed by atoms with van der Waals surface area (Å²) < 4.78 is 13.3. The molecule has 0 fully saturated rings. The van der Waals surface area contributed by atoms with Crippen molar-refractivity contribution in [1.82, 2.24) is 0 Å². The number of aliphatic hydroxyl groups excluding tert-OH is 2. The number of nitrogens with zero attached hydrogens (tertiary/aromatic N) is 1. The number of nitrogen functional groups attached to an aromatic ring is 1. The van der Waals surface area contributed by atoms with Gasteiger partial charge in [-0.3, -0.25) is 0 Å². The van der Waals surface area contributed by atoms with Crippen LogP contribution in [0.15, 0.2) is 36.4 Å². The quantitative estimate of drug-likeness (QED) is 0.714. The van der Waals surface area contributed by atoms with E-state index in [-0.39, 0.29) is 18.2 Å². The summed E-state index contributed by atoms with van der Waals surface area (Å²) in [6.45, 7) is 0.742. The Hall–Kier alpha value is -1.82. The zero-order chi connectivity index (χ0) is 16.1. The topological polar surface area (TPSA) is 69.7 Å². The highest BCUT2D eigenvalue weighted by Gasteiger charge is 2.11. The molecule has 0 aliphatic rings. The van der Waals surface area contributed by atoms with Crippen molar-refractivity contribution in [3.05, 3.63) is 47.2 Å². The third kappa shape index (κ3) is 3.68. The van der Waals surface area contributed by atoms with E-state index in [0.717, 1.165) is 11.3 Å². The molecular formula is C16H18ClFN2O2. The van der Waals surface area contributed by atoms with Crippen LogP contribution in [0.25, 0.3) is 11.1 Å². The first-order valence-electron chi connectivity index (χ1n) is 6.88. The number of nitrogens with two attached hydrogens (primary N) is 1. The molecular weight excluding hydrogens is 307 g/mol. The highest BCUT2D eigenvalue weighted by atomic mass is 35.5. The van der Waals surface area contributed by atoms with Gasteiger partial charge in [-0.15, -0.1) is 0 Å². The standard InChI is InChI=1S/C16H18ClFN2O2/c17-14-9-11(1-3-15(14)18)13-10-12(2-4-16(13)19)20(5-7-21)6-8-22/h1-4,9-10,21-22H,5-8,19H2. The molecule has 2 aromatic carbocycles. The second-order valence-corrected chi connectivity index (χ2v) is 5.24. The highest BCUT2D eigenvalue weighted by molar-refractivity contribution is 6.31. The molecule has 2 aromatic rings. The molecule has 0 bridgehead atoms. The maximum Gasteiger partial charge on any atom is 0.141 e. The molecule has 0 atom stereocenters. The van der Waals surface area contributed by atoms with Gasteiger partial charge in [-0.25, -0.2) is 4.39 Å². The normalized spacial score (nSPS) is 10.7. The number of rotatable bonds is 6. The Morgan fingerprint density at radius 3 is 2.32 bits per heavy atom. The fraction of sp³-hybridized carbons (Fsp3) is 0.250. The van der Waals surface area contributed by atoms with Gasteiger partial charge in [0, 0.05) is 30.0 Å². The van der Waals surface area contributed by atoms with E-state index in [1.54, 1.807) is 12.1 Å². The fourth-order valence-corrected chi connectivity index (χ4v) is 2.45. The Morgan fingerprint density at radius 1 is 1.05 bits per heavy atom. The predicted octanol–water partition coefficient (Wildman–Crippen LogP) is 2.52. The van der Waals surface area contributed by atoms with Crippen molar-refractivity contribution in [2.75, 3.05) is 36.9 Å². The van der Waals surface area contributed by atoms with Gasteiger partial charge < -0.3 is 20.8 Å². The van der Waals surface area contributed by atoms with Crippen molar-refractivity contribution in [1.29, 1.82) is 0 Å². The molecule has 22 heavy (non-hydrogen) atoms. The molecule has 0 aliphatic carbocycles. The second kappa shape index (κ2) is 7.45. The molecule has 0 heterocycles. The zero-order valence-electron chi connectivity index (χ0n) is 12.0. The van der Waals surface area contributed by atoms with Gasteiger partial charge in [0.25, 0.3) is 0 Å². The molecule has 0 spiro atoms. The van der Waals surface area contributed by atoms with Crippen LogP contribution in [0.2, 0.25) is 5.02 Å². The van der Waals surface area contributed by atoms with Crippen LogP contribution in [0.5, 0.6) is 0 Å². The molecule has 0 radical (unpaired) electrons. The summed E-state index contributed by atoms with van der Waals surface area (Å²) in [6, 6.07) is 9.82. The van der Waals surface area contributed by atoms with Gasteiger partial charge in [-0.1, -0.05) is 17.7 Å². The molecule has 0 saturated carbocycles. The molecule has 118 valence electrons. The average molecular weight is 325 g/mol. The lowest BCUT2D eigenvalue weighted by Gasteiger charge is -2.24. The number of aliphatic hydroxyl groups is 2. The first-order chi connectivity index (χ1) is 10.6. The van der Waals surface area contributed by atoms with Crippen molar-refractivity contribution in [3.63, 3.8) is 0 Å². The van der Waals surface area contributed by atoms with Crippen LogP contribution in [0.3, 0.4) is 0 Å². The Morgan fingerprint density at radius 2 is 1.73 bits per heavy atom. The molecule has 0 unspecified atom stereocenters. The van der Waals surface area contributed by atoms with Gasteiger partial charge in [0.2, 0.25) is 0 Å². The smallest absolute Gasteiger partial charge is 0.141 e. The van der Waals surface area contributed by atoms with Crippen molar-refractivity contribution in [2.24, 2.45) is 0 Å². The lowest BCUT2D eigenvalue weighted by molar-refractivity contribution is 0.281. The molecule has 6 heteroatoms. The number of benzene rings is 2. The van der Waals surface area contributed by atoms with Gasteiger partial charge in [-0.2, -0.15) is 0 Å². The van der Waals surface area contributed by atoms with Crippen LogP contribution in [0.4, 0.5) is 15.8 Å². The van der Waals surface area contributed by atoms with Crippen molar-refractivity contribution < 1.29 is 14.6 Å². The lowest BCUT2D eigenvalue weighted by atomic mass is 10.0. The fourth-order valence-electron chi connectivity index (χ4n) is 2.27. The van der Waals surface area contributed by atoms with Crippen LogP contribution >= 0.6 is 11.6 Å². The van der Waals surface area contributed by atoms with Gasteiger partial charge in [0.15, 0.2) is 0 Å². The van der Waals surface area contributed by atoms with Gasteiger partial charge in [0.05, 0.1) is 18.2 Å². The molecule has 4 N–H and O–H groups in total. The number of hydrogen-bond acceptors (Lipinski definition) is 4. The monoisotopic (exact) mass is 324 g/mol. The molecule has 0 aliphatic heterocycles. The minimum atomic E-state index is -0.484. The minimum absolute atomic E-state index is 0.0257. The first-order valence-corrected chi connectivity index (χ1v) is 7.26. The predicted molar refractivity (Wildman–Crippen MR) is 87.6 cm³/mol. The van der Waals surface area contributed by atoms with E-state index < -0.39 is 5.82 Å². The van der Waals surface area contributed by atoms with Crippen molar-refractivity contribution in [3.8, 4) is 11.1 Å². The van der Waals surface area contributed by atoms with Crippen LogP contribution in [-0.2, 0) is 0 Å². The van der Waals surface area contributed by atoms with Gasteiger partial charge >= 0.3 is 0 Å². The van der Waals surface area contributed by atoms with E-state index >= 15 is 0 Å². The van der Waals surface area contributed by atoms with Crippen LogP contribution in [-0.4, -0.2) is 36.5 Å². The molecule has 0 saturated heterocycles. The maximum atomic E-state index is 13.3. The SMILES string of the molecule is Nc1ccc(N(CCO)CCO)cc1-c1ccc(F)c(Cl)c1. The van der Waals surface area contributed by atoms with E-state index in [1.807, 2.05) is 17.0 Å². The highest BCUT2D eigenvalue weighted by Crippen LogP contribution is 2.32. The molecule has 0 aromatic heterocycles. The number of anilines is 2. The maximum absolute atomic E-state index is 13.3. The van der Waals surface area contributed by atoms with E-state index in [2.05, 4.69) is 0 Å². The second-order valence-electron chi connectivity index (χ2n) is 4.83. The van der Waals surface area contributed by atoms with Gasteiger partial charge in [-0.05, 0) is 35.9 Å². The largest absolute Gasteiger partial charge is 0.398 e. The first kappa shape index (κ1) is 16.5. The molecule has 4 nitrogen and oxygen atoms in total. The minimum Gasteiger partial charge on any atom is -0.398 e. The Balaban J connectivity index is 2.43. The summed E-state index contributed by atoms with van der Waals surface area (Å²) in [7, 11) is 0. The summed E-state index contributed by atoms with van der Waals surface area (Å²) in [5.74, 6) is -0.484.